The van der Waals surface area contributed by atoms with Gasteiger partial charge in [0.05, 0.1) is 24.1 Å². The summed E-state index contributed by atoms with van der Waals surface area (Å²) in [6, 6.07) is 10.7. The van der Waals surface area contributed by atoms with Gasteiger partial charge in [0.15, 0.2) is 5.76 Å². The standard InChI is InChI=1S/C22H22Cl2N4O3/c1-14-19(20(24)28(26-14)13-15-5-2-3-6-17(15)23)21(29)25-16-8-10-27(11-9-16)22(30)18-7-4-12-31-18/h2-7,12,16H,8-11,13H2,1H3,(H,25,29). The van der Waals surface area contributed by atoms with E-state index in [0.29, 0.717) is 54.5 Å². The van der Waals surface area contributed by atoms with E-state index in [1.165, 1.54) is 6.26 Å². The molecule has 1 aromatic carbocycles. The second-order valence-electron chi connectivity index (χ2n) is 7.52. The van der Waals surface area contributed by atoms with Crippen LogP contribution in [0.5, 0.6) is 0 Å². The first-order chi connectivity index (χ1) is 14.9. The molecule has 0 aliphatic carbocycles. The molecular weight excluding hydrogens is 439 g/mol. The van der Waals surface area contributed by atoms with Gasteiger partial charge in [0.25, 0.3) is 11.8 Å². The molecule has 9 heteroatoms. The molecule has 7 nitrogen and oxygen atoms in total. The molecular formula is C22H22Cl2N4O3. The molecule has 162 valence electrons. The van der Waals surface area contributed by atoms with Crippen LogP contribution in [0.2, 0.25) is 10.2 Å². The average molecular weight is 461 g/mol. The predicted octanol–water partition coefficient (Wildman–Crippen LogP) is 4.17. The molecule has 0 atom stereocenters. The molecule has 0 radical (unpaired) electrons. The van der Waals surface area contributed by atoms with Crippen LogP contribution in [0.15, 0.2) is 47.1 Å². The quantitative estimate of drug-likeness (QED) is 0.619. The van der Waals surface area contributed by atoms with Crippen molar-refractivity contribution < 1.29 is 14.0 Å². The molecule has 3 heterocycles. The zero-order valence-corrected chi connectivity index (χ0v) is 18.5. The van der Waals surface area contributed by atoms with E-state index in [1.807, 2.05) is 18.2 Å². The Balaban J connectivity index is 1.39. The number of piperidine rings is 1. The van der Waals surface area contributed by atoms with Gasteiger partial charge < -0.3 is 14.6 Å². The van der Waals surface area contributed by atoms with Crippen LogP contribution in [0.3, 0.4) is 0 Å². The zero-order chi connectivity index (χ0) is 22.0. The molecule has 0 bridgehead atoms. The third-order valence-electron chi connectivity index (χ3n) is 5.42. The fraction of sp³-hybridized carbons (Fsp3) is 0.318. The molecule has 3 aromatic rings. The number of halogens is 2. The highest BCUT2D eigenvalue weighted by Crippen LogP contribution is 2.24. The smallest absolute Gasteiger partial charge is 0.289 e. The van der Waals surface area contributed by atoms with Gasteiger partial charge in [0, 0.05) is 24.2 Å². The summed E-state index contributed by atoms with van der Waals surface area (Å²) in [5.41, 5.74) is 1.79. The monoisotopic (exact) mass is 460 g/mol. The Hall–Kier alpha value is -2.77. The van der Waals surface area contributed by atoms with Crippen molar-refractivity contribution in [2.24, 2.45) is 0 Å². The number of hydrogen-bond acceptors (Lipinski definition) is 4. The highest BCUT2D eigenvalue weighted by Gasteiger charge is 2.28. The molecule has 0 unspecified atom stereocenters. The maximum atomic E-state index is 12.9. The van der Waals surface area contributed by atoms with Crippen LogP contribution in [-0.2, 0) is 6.54 Å². The number of carbonyl (C=O) groups is 2. The number of nitrogens with zero attached hydrogens (tertiary/aromatic N) is 3. The lowest BCUT2D eigenvalue weighted by Crippen LogP contribution is -2.46. The van der Waals surface area contributed by atoms with Crippen molar-refractivity contribution in [3.8, 4) is 0 Å². The van der Waals surface area contributed by atoms with E-state index >= 15 is 0 Å². The molecule has 1 fully saturated rings. The van der Waals surface area contributed by atoms with Gasteiger partial charge in [-0.3, -0.25) is 9.59 Å². The van der Waals surface area contributed by atoms with Crippen LogP contribution in [0.4, 0.5) is 0 Å². The second kappa shape index (κ2) is 9.16. The first-order valence-corrected chi connectivity index (χ1v) is 10.8. The molecule has 4 rings (SSSR count). The number of amides is 2. The van der Waals surface area contributed by atoms with Crippen LogP contribution in [0, 0.1) is 6.92 Å². The predicted molar refractivity (Wildman–Crippen MR) is 118 cm³/mol. The van der Waals surface area contributed by atoms with E-state index in [9.17, 15) is 9.59 Å². The number of furan rings is 1. The lowest BCUT2D eigenvalue weighted by atomic mass is 10.0. The molecule has 0 saturated carbocycles. The number of carbonyl (C=O) groups excluding carboxylic acids is 2. The Morgan fingerprint density at radius 3 is 2.58 bits per heavy atom. The van der Waals surface area contributed by atoms with Crippen LogP contribution < -0.4 is 5.32 Å². The Morgan fingerprint density at radius 1 is 1.16 bits per heavy atom. The minimum Gasteiger partial charge on any atom is -0.459 e. The van der Waals surface area contributed by atoms with E-state index < -0.39 is 0 Å². The minimum absolute atomic E-state index is 0.0458. The number of hydrogen-bond donors (Lipinski definition) is 1. The Morgan fingerprint density at radius 2 is 1.90 bits per heavy atom. The third kappa shape index (κ3) is 4.62. The molecule has 31 heavy (non-hydrogen) atoms. The summed E-state index contributed by atoms with van der Waals surface area (Å²) in [6.45, 7) is 3.22. The Bertz CT molecular complexity index is 1090. The highest BCUT2D eigenvalue weighted by molar-refractivity contribution is 6.33. The van der Waals surface area contributed by atoms with Gasteiger partial charge in [-0.15, -0.1) is 0 Å². The number of benzene rings is 1. The van der Waals surface area contributed by atoms with Gasteiger partial charge in [-0.1, -0.05) is 41.4 Å². The summed E-state index contributed by atoms with van der Waals surface area (Å²) in [7, 11) is 0. The van der Waals surface area contributed by atoms with Gasteiger partial charge in [0.1, 0.15) is 5.15 Å². The first-order valence-electron chi connectivity index (χ1n) is 10.0. The van der Waals surface area contributed by atoms with E-state index in [2.05, 4.69) is 10.4 Å². The minimum atomic E-state index is -0.260. The second-order valence-corrected chi connectivity index (χ2v) is 8.28. The first kappa shape index (κ1) is 21.5. The molecule has 0 spiro atoms. The molecule has 1 aliphatic rings. The summed E-state index contributed by atoms with van der Waals surface area (Å²) in [4.78, 5) is 27.0. The van der Waals surface area contributed by atoms with Crippen molar-refractivity contribution >= 4 is 35.0 Å². The van der Waals surface area contributed by atoms with Gasteiger partial charge in [-0.25, -0.2) is 4.68 Å². The normalized spacial score (nSPS) is 14.6. The van der Waals surface area contributed by atoms with Crippen LogP contribution in [-0.4, -0.2) is 45.6 Å². The number of aromatic nitrogens is 2. The fourth-order valence-electron chi connectivity index (χ4n) is 3.74. The van der Waals surface area contributed by atoms with Crippen molar-refractivity contribution in [2.75, 3.05) is 13.1 Å². The van der Waals surface area contributed by atoms with E-state index in [1.54, 1.807) is 34.7 Å². The fourth-order valence-corrected chi connectivity index (χ4v) is 4.26. The third-order valence-corrected chi connectivity index (χ3v) is 6.17. The molecule has 1 N–H and O–H groups in total. The van der Waals surface area contributed by atoms with Gasteiger partial charge in [-0.2, -0.15) is 5.10 Å². The highest BCUT2D eigenvalue weighted by atomic mass is 35.5. The van der Waals surface area contributed by atoms with Crippen molar-refractivity contribution in [3.05, 3.63) is 75.4 Å². The van der Waals surface area contributed by atoms with Gasteiger partial charge >= 0.3 is 0 Å². The van der Waals surface area contributed by atoms with Crippen molar-refractivity contribution in [1.82, 2.24) is 20.0 Å². The number of aryl methyl sites for hydroxylation is 1. The number of likely N-dealkylation sites (tertiary alicyclic amines) is 1. The molecule has 1 saturated heterocycles. The molecule has 2 aromatic heterocycles. The average Bonchev–Trinajstić information content (AvgIpc) is 3.38. The van der Waals surface area contributed by atoms with E-state index in [0.717, 1.165) is 5.56 Å². The summed E-state index contributed by atoms with van der Waals surface area (Å²) in [6.07, 6.45) is 2.80. The Labute approximate surface area is 189 Å². The Kier molecular flexibility index (Phi) is 6.34. The summed E-state index contributed by atoms with van der Waals surface area (Å²) in [5.74, 6) is -0.0611. The molecule has 2 amide bonds. The van der Waals surface area contributed by atoms with Crippen molar-refractivity contribution in [1.29, 1.82) is 0 Å². The summed E-state index contributed by atoms with van der Waals surface area (Å²) >= 11 is 12.7. The maximum Gasteiger partial charge on any atom is 0.289 e. The maximum absolute atomic E-state index is 12.9. The summed E-state index contributed by atoms with van der Waals surface area (Å²) < 4.78 is 6.76. The SMILES string of the molecule is Cc1nn(Cc2ccccc2Cl)c(Cl)c1C(=O)NC1CCN(C(=O)c2ccco2)CC1. The number of nitrogens with one attached hydrogen (secondary N) is 1. The zero-order valence-electron chi connectivity index (χ0n) is 17.0. The lowest BCUT2D eigenvalue weighted by molar-refractivity contribution is 0.0667. The van der Waals surface area contributed by atoms with E-state index in [-0.39, 0.29) is 23.0 Å². The largest absolute Gasteiger partial charge is 0.459 e. The van der Waals surface area contributed by atoms with Crippen LogP contribution in [0.1, 0.15) is 45.0 Å². The van der Waals surface area contributed by atoms with Crippen molar-refractivity contribution in [2.45, 2.75) is 32.4 Å². The van der Waals surface area contributed by atoms with Gasteiger partial charge in [-0.05, 0) is 43.5 Å². The van der Waals surface area contributed by atoms with Crippen LogP contribution in [0.25, 0.3) is 0 Å². The van der Waals surface area contributed by atoms with E-state index in [4.69, 9.17) is 27.6 Å². The number of rotatable bonds is 5. The summed E-state index contributed by atoms with van der Waals surface area (Å²) in [5, 5.41) is 8.36. The lowest BCUT2D eigenvalue weighted by Gasteiger charge is -2.31. The molecule has 1 aliphatic heterocycles. The van der Waals surface area contributed by atoms with Crippen molar-refractivity contribution in [3.63, 3.8) is 0 Å². The topological polar surface area (TPSA) is 80.4 Å². The van der Waals surface area contributed by atoms with Crippen LogP contribution >= 0.6 is 23.2 Å². The van der Waals surface area contributed by atoms with Gasteiger partial charge in [0.2, 0.25) is 0 Å².